The average Bonchev–Trinajstić information content (AvgIpc) is 1.57. The van der Waals surface area contributed by atoms with Crippen LogP contribution in [0, 0.1) is 0 Å². The van der Waals surface area contributed by atoms with Crippen LogP contribution in [-0.4, -0.2) is 23.7 Å². The number of para-hydroxylation sites is 3. The average molecular weight is 1300 g/mol. The predicted octanol–water partition coefficient (Wildman–Crippen LogP) is 25.0. The first-order chi connectivity index (χ1) is 49.8. The SMILES string of the molecule is CC1(C)c2ccccc2-c2ccc(-c3ccc4c5ccccc5n(-c5ccc(-c6ccc(-c7cc(-n8c9ccccc9c9ccc(-c%10ccc%11c(c%10)C(C)(C)c%10ccccc%10-%11)cc98)nc(-n8c9ccccc9c9ccc(-c%10ccc%11c(c%10)C(C)(C)c%10ccccc%10-%11)cc98)n7)cc6)cc5)c4c3)cc21. The van der Waals surface area contributed by atoms with E-state index in [4.69, 9.17) is 9.97 Å². The molecule has 0 amide bonds. The zero-order valence-electron chi connectivity index (χ0n) is 57.7. The Kier molecular flexibility index (Phi) is 12.2. The van der Waals surface area contributed by atoms with Crippen LogP contribution in [-0.2, 0) is 16.2 Å². The van der Waals surface area contributed by atoms with Crippen LogP contribution < -0.4 is 0 Å². The van der Waals surface area contributed by atoms with Gasteiger partial charge in [-0.2, -0.15) is 4.98 Å². The normalized spacial score (nSPS) is 14.2. The zero-order chi connectivity index (χ0) is 68.1. The van der Waals surface area contributed by atoms with Crippen LogP contribution in [0.2, 0.25) is 0 Å². The van der Waals surface area contributed by atoms with Crippen molar-refractivity contribution in [1.29, 1.82) is 0 Å². The highest BCUT2D eigenvalue weighted by atomic mass is 15.2. The van der Waals surface area contributed by atoms with Crippen LogP contribution in [0.25, 0.3) is 172 Å². The maximum Gasteiger partial charge on any atom is 0.237 e. The number of benzene rings is 14. The highest BCUT2D eigenvalue weighted by Gasteiger charge is 2.38. The number of aromatic nitrogens is 5. The standard InChI is InChI=1S/C97H69N5/c1-95(2)80-25-13-7-19-68(80)71-45-37-61(51-83(71)95)64-40-48-77-74-22-10-16-28-87(74)100(90(77)54-64)67-43-35-59(36-44-67)58-31-33-60(34-32-58)86-57-93(101-88-29-17-11-23-75(88)78-49-41-65(55-91(78)101)62-38-46-72-69-20-8-14-26-81(69)96(3,4)84(72)52-62)99-94(98-86)102-89-30-18-12-24-76(89)79-50-42-66(56-92(79)102)63-39-47-73-70-21-9-15-27-82(70)97(5,6)85(73)53-63/h7-57H,1-6H3. The van der Waals surface area contributed by atoms with Gasteiger partial charge in [-0.25, -0.2) is 4.98 Å². The van der Waals surface area contributed by atoms with Crippen molar-refractivity contribution in [3.8, 4) is 107 Å². The number of fused-ring (bicyclic) bond motifs is 18. The largest absolute Gasteiger partial charge is 0.309 e. The van der Waals surface area contributed by atoms with E-state index >= 15 is 0 Å². The van der Waals surface area contributed by atoms with Crippen LogP contribution in [0.1, 0.15) is 74.9 Å². The molecule has 102 heavy (non-hydrogen) atoms. The molecule has 18 aromatic rings. The van der Waals surface area contributed by atoms with Gasteiger partial charge in [0.2, 0.25) is 5.95 Å². The lowest BCUT2D eigenvalue weighted by Crippen LogP contribution is -2.14. The van der Waals surface area contributed by atoms with Gasteiger partial charge in [0.25, 0.3) is 0 Å². The van der Waals surface area contributed by atoms with Crippen molar-refractivity contribution in [1.82, 2.24) is 23.7 Å². The monoisotopic (exact) mass is 1300 g/mol. The highest BCUT2D eigenvalue weighted by Crippen LogP contribution is 2.53. The van der Waals surface area contributed by atoms with Gasteiger partial charge in [-0.1, -0.05) is 278 Å². The van der Waals surface area contributed by atoms with Gasteiger partial charge >= 0.3 is 0 Å². The fraction of sp³-hybridized carbons (Fsp3) is 0.0928. The molecule has 3 aliphatic rings. The van der Waals surface area contributed by atoms with Crippen molar-refractivity contribution < 1.29 is 0 Å². The first kappa shape index (κ1) is 58.5. The summed E-state index contributed by atoms with van der Waals surface area (Å²) in [5, 5.41) is 7.09. The van der Waals surface area contributed by atoms with Gasteiger partial charge in [0.1, 0.15) is 5.82 Å². The molecule has 0 atom stereocenters. The van der Waals surface area contributed by atoms with Gasteiger partial charge in [-0.3, -0.25) is 9.13 Å². The van der Waals surface area contributed by atoms with E-state index in [0.29, 0.717) is 5.95 Å². The molecule has 5 nitrogen and oxygen atoms in total. The van der Waals surface area contributed by atoms with E-state index in [0.717, 1.165) is 88.6 Å². The quantitative estimate of drug-likeness (QED) is 0.152. The van der Waals surface area contributed by atoms with Crippen LogP contribution in [0.15, 0.2) is 309 Å². The maximum atomic E-state index is 5.82. The summed E-state index contributed by atoms with van der Waals surface area (Å²) in [4.78, 5) is 11.5. The second kappa shape index (κ2) is 21.3. The third-order valence-electron chi connectivity index (χ3n) is 23.5. The molecule has 14 aromatic carbocycles. The lowest BCUT2D eigenvalue weighted by atomic mass is 9.81. The van der Waals surface area contributed by atoms with Gasteiger partial charge in [-0.05, 0) is 178 Å². The number of nitrogens with zero attached hydrogens (tertiary/aromatic N) is 5. The molecule has 0 aliphatic heterocycles. The Bertz CT molecular complexity index is 6400. The fourth-order valence-corrected chi connectivity index (χ4v) is 18.3. The molecule has 0 radical (unpaired) electrons. The smallest absolute Gasteiger partial charge is 0.237 e. The Morgan fingerprint density at radius 1 is 0.216 bits per heavy atom. The van der Waals surface area contributed by atoms with E-state index in [1.165, 1.54) is 111 Å². The second-order valence-corrected chi connectivity index (χ2v) is 30.1. The molecular formula is C97H69N5. The van der Waals surface area contributed by atoms with Gasteiger partial charge < -0.3 is 4.57 Å². The Morgan fingerprint density at radius 2 is 0.520 bits per heavy atom. The number of hydrogen-bond acceptors (Lipinski definition) is 2. The van der Waals surface area contributed by atoms with Crippen molar-refractivity contribution in [2.24, 2.45) is 0 Å². The molecule has 4 aromatic heterocycles. The van der Waals surface area contributed by atoms with Crippen molar-refractivity contribution in [2.75, 3.05) is 0 Å². The molecule has 482 valence electrons. The Balaban J connectivity index is 0.699. The third-order valence-corrected chi connectivity index (χ3v) is 23.5. The molecule has 0 unspecified atom stereocenters. The highest BCUT2D eigenvalue weighted by molar-refractivity contribution is 6.13. The zero-order valence-corrected chi connectivity index (χ0v) is 57.7. The number of hydrogen-bond donors (Lipinski definition) is 0. The summed E-state index contributed by atoms with van der Waals surface area (Å²) in [5.74, 6) is 1.38. The molecular weight excluding hydrogens is 1240 g/mol. The number of rotatable bonds is 8. The summed E-state index contributed by atoms with van der Waals surface area (Å²) in [6, 6.07) is 115. The Labute approximate surface area is 592 Å². The van der Waals surface area contributed by atoms with E-state index in [9.17, 15) is 0 Å². The first-order valence-electron chi connectivity index (χ1n) is 35.8. The fourth-order valence-electron chi connectivity index (χ4n) is 18.3. The first-order valence-corrected chi connectivity index (χ1v) is 35.8. The van der Waals surface area contributed by atoms with Crippen LogP contribution in [0.5, 0.6) is 0 Å². The topological polar surface area (TPSA) is 40.6 Å². The molecule has 0 N–H and O–H groups in total. The minimum Gasteiger partial charge on any atom is -0.309 e. The second-order valence-electron chi connectivity index (χ2n) is 30.1. The van der Waals surface area contributed by atoms with E-state index in [1.54, 1.807) is 0 Å². The lowest BCUT2D eigenvalue weighted by molar-refractivity contribution is 0.660. The minimum absolute atomic E-state index is 0.0832. The van der Waals surface area contributed by atoms with Crippen molar-refractivity contribution in [3.05, 3.63) is 343 Å². The van der Waals surface area contributed by atoms with Crippen molar-refractivity contribution in [2.45, 2.75) is 57.8 Å². The summed E-state index contributed by atoms with van der Waals surface area (Å²) in [6.45, 7) is 14.2. The molecule has 0 fully saturated rings. The molecule has 3 aliphatic carbocycles. The van der Waals surface area contributed by atoms with E-state index in [-0.39, 0.29) is 16.2 Å². The summed E-state index contributed by atoms with van der Waals surface area (Å²) in [7, 11) is 0. The molecule has 0 spiro atoms. The molecule has 0 bridgehead atoms. The van der Waals surface area contributed by atoms with Crippen molar-refractivity contribution >= 4 is 65.4 Å². The summed E-state index contributed by atoms with van der Waals surface area (Å²) < 4.78 is 7.12. The van der Waals surface area contributed by atoms with Gasteiger partial charge in [0, 0.05) is 65.9 Å². The molecule has 21 rings (SSSR count). The van der Waals surface area contributed by atoms with E-state index in [2.05, 4.69) is 365 Å². The Morgan fingerprint density at radius 3 is 0.961 bits per heavy atom. The van der Waals surface area contributed by atoms with Gasteiger partial charge in [0.15, 0.2) is 0 Å². The predicted molar refractivity (Wildman–Crippen MR) is 425 cm³/mol. The van der Waals surface area contributed by atoms with Crippen LogP contribution >= 0.6 is 0 Å². The molecule has 0 saturated heterocycles. The molecule has 5 heteroatoms. The van der Waals surface area contributed by atoms with E-state index < -0.39 is 0 Å². The molecule has 0 saturated carbocycles. The Hall–Kier alpha value is -12.4. The maximum absolute atomic E-state index is 5.82. The summed E-state index contributed by atoms with van der Waals surface area (Å²) >= 11 is 0. The molecule has 4 heterocycles. The summed E-state index contributed by atoms with van der Waals surface area (Å²) in [6.07, 6.45) is 0. The minimum atomic E-state index is -0.135. The van der Waals surface area contributed by atoms with E-state index in [1.807, 2.05) is 0 Å². The lowest BCUT2D eigenvalue weighted by Gasteiger charge is -2.22. The summed E-state index contributed by atoms with van der Waals surface area (Å²) in [5.41, 5.74) is 34.7. The van der Waals surface area contributed by atoms with Crippen molar-refractivity contribution in [3.63, 3.8) is 0 Å². The van der Waals surface area contributed by atoms with Crippen LogP contribution in [0.4, 0.5) is 0 Å². The third kappa shape index (κ3) is 8.39. The van der Waals surface area contributed by atoms with Crippen LogP contribution in [0.3, 0.4) is 0 Å². The van der Waals surface area contributed by atoms with Gasteiger partial charge in [-0.15, -0.1) is 0 Å². The van der Waals surface area contributed by atoms with Gasteiger partial charge in [0.05, 0.1) is 38.8 Å².